The molecule has 2 rings (SSSR count). The van der Waals surface area contributed by atoms with Gasteiger partial charge in [0.05, 0.1) is 5.56 Å². The van der Waals surface area contributed by atoms with Gasteiger partial charge in [0.1, 0.15) is 5.82 Å². The summed E-state index contributed by atoms with van der Waals surface area (Å²) in [5, 5.41) is 2.98. The number of aromatic nitrogens is 1. The van der Waals surface area contributed by atoms with Crippen molar-refractivity contribution < 1.29 is 4.79 Å². The zero-order chi connectivity index (χ0) is 15.4. The number of hydrazine groups is 1. The van der Waals surface area contributed by atoms with Gasteiger partial charge in [-0.05, 0) is 36.1 Å². The van der Waals surface area contributed by atoms with E-state index in [4.69, 9.17) is 5.84 Å². The lowest BCUT2D eigenvalue weighted by molar-refractivity contribution is 0.102. The Hall–Kier alpha value is -2.40. The third kappa shape index (κ3) is 3.38. The molecule has 0 spiro atoms. The van der Waals surface area contributed by atoms with Crippen LogP contribution in [0.15, 0.2) is 36.5 Å². The number of rotatable bonds is 4. The number of carbonyl (C=O) groups is 1. The third-order valence-corrected chi connectivity index (χ3v) is 3.34. The number of aryl methyl sites for hydroxylation is 1. The SMILES string of the molecule is Cc1cccc(C(C)C)c1NC(=O)c1ccc(NN)nc1. The summed E-state index contributed by atoms with van der Waals surface area (Å²) in [5.74, 6) is 5.94. The van der Waals surface area contributed by atoms with E-state index in [1.165, 1.54) is 6.20 Å². The molecule has 21 heavy (non-hydrogen) atoms. The minimum absolute atomic E-state index is 0.178. The molecular formula is C16H20N4O. The fourth-order valence-corrected chi connectivity index (χ4v) is 2.14. The van der Waals surface area contributed by atoms with Crippen molar-refractivity contribution in [2.45, 2.75) is 26.7 Å². The van der Waals surface area contributed by atoms with E-state index in [9.17, 15) is 4.79 Å². The Balaban J connectivity index is 2.26. The molecule has 1 amide bonds. The molecule has 1 aromatic carbocycles. The van der Waals surface area contributed by atoms with Crippen LogP contribution in [0.1, 0.15) is 41.3 Å². The molecule has 5 heteroatoms. The van der Waals surface area contributed by atoms with Gasteiger partial charge in [-0.3, -0.25) is 4.79 Å². The average Bonchev–Trinajstić information content (AvgIpc) is 2.49. The molecule has 0 saturated heterocycles. The molecule has 0 atom stereocenters. The van der Waals surface area contributed by atoms with Crippen molar-refractivity contribution in [2.75, 3.05) is 10.7 Å². The van der Waals surface area contributed by atoms with Crippen molar-refractivity contribution in [3.63, 3.8) is 0 Å². The first kappa shape index (κ1) is 15.0. The highest BCUT2D eigenvalue weighted by Gasteiger charge is 2.13. The predicted molar refractivity (Wildman–Crippen MR) is 85.3 cm³/mol. The van der Waals surface area contributed by atoms with Crippen LogP contribution in [0, 0.1) is 6.92 Å². The molecule has 110 valence electrons. The van der Waals surface area contributed by atoms with Crippen molar-refractivity contribution in [1.82, 2.24) is 4.98 Å². The Morgan fingerprint density at radius 2 is 2.00 bits per heavy atom. The van der Waals surface area contributed by atoms with E-state index in [-0.39, 0.29) is 5.91 Å². The summed E-state index contributed by atoms with van der Waals surface area (Å²) in [6, 6.07) is 9.37. The van der Waals surface area contributed by atoms with E-state index in [1.807, 2.05) is 25.1 Å². The summed E-state index contributed by atoms with van der Waals surface area (Å²) in [6.45, 7) is 6.20. The monoisotopic (exact) mass is 284 g/mol. The van der Waals surface area contributed by atoms with E-state index in [1.54, 1.807) is 12.1 Å². The summed E-state index contributed by atoms with van der Waals surface area (Å²) in [5.41, 5.74) is 5.97. The van der Waals surface area contributed by atoms with E-state index in [0.717, 1.165) is 16.8 Å². The number of nitrogens with zero attached hydrogens (tertiary/aromatic N) is 1. The quantitative estimate of drug-likeness (QED) is 0.595. The number of nitrogens with two attached hydrogens (primary N) is 1. The van der Waals surface area contributed by atoms with E-state index < -0.39 is 0 Å². The number of nitrogens with one attached hydrogen (secondary N) is 2. The third-order valence-electron chi connectivity index (χ3n) is 3.34. The number of carbonyl (C=O) groups excluding carboxylic acids is 1. The smallest absolute Gasteiger partial charge is 0.257 e. The molecule has 0 aliphatic rings. The van der Waals surface area contributed by atoms with E-state index >= 15 is 0 Å². The maximum absolute atomic E-state index is 12.3. The molecule has 0 saturated carbocycles. The number of amides is 1. The molecule has 0 fully saturated rings. The summed E-state index contributed by atoms with van der Waals surface area (Å²) in [6.07, 6.45) is 1.50. The van der Waals surface area contributed by atoms with Crippen LogP contribution in [-0.2, 0) is 0 Å². The minimum atomic E-state index is -0.178. The number of nitrogen functional groups attached to an aromatic ring is 1. The zero-order valence-electron chi connectivity index (χ0n) is 12.5. The Bertz CT molecular complexity index is 635. The Morgan fingerprint density at radius 1 is 1.24 bits per heavy atom. The standard InChI is InChI=1S/C16H20N4O/c1-10(2)13-6-4-5-11(3)15(13)19-16(21)12-7-8-14(20-17)18-9-12/h4-10H,17H2,1-3H3,(H,18,20)(H,19,21). The normalized spacial score (nSPS) is 10.5. The fourth-order valence-electron chi connectivity index (χ4n) is 2.14. The van der Waals surface area contributed by atoms with Crippen LogP contribution in [0.5, 0.6) is 0 Å². The van der Waals surface area contributed by atoms with E-state index in [0.29, 0.717) is 17.3 Å². The van der Waals surface area contributed by atoms with Gasteiger partial charge >= 0.3 is 0 Å². The molecule has 5 nitrogen and oxygen atoms in total. The van der Waals surface area contributed by atoms with Crippen molar-refractivity contribution in [2.24, 2.45) is 5.84 Å². The lowest BCUT2D eigenvalue weighted by Crippen LogP contribution is -2.16. The van der Waals surface area contributed by atoms with Gasteiger partial charge in [0.15, 0.2) is 0 Å². The van der Waals surface area contributed by atoms with Gasteiger partial charge in [-0.25, -0.2) is 10.8 Å². The fraction of sp³-hybridized carbons (Fsp3) is 0.250. The summed E-state index contributed by atoms with van der Waals surface area (Å²) in [4.78, 5) is 16.4. The lowest BCUT2D eigenvalue weighted by atomic mass is 9.98. The minimum Gasteiger partial charge on any atom is -0.321 e. The number of para-hydroxylation sites is 1. The second kappa shape index (κ2) is 6.37. The number of pyridine rings is 1. The summed E-state index contributed by atoms with van der Waals surface area (Å²) in [7, 11) is 0. The maximum Gasteiger partial charge on any atom is 0.257 e. The van der Waals surface area contributed by atoms with Crippen LogP contribution in [0.3, 0.4) is 0 Å². The first-order valence-corrected chi connectivity index (χ1v) is 6.86. The lowest BCUT2D eigenvalue weighted by Gasteiger charge is -2.16. The van der Waals surface area contributed by atoms with Crippen molar-refractivity contribution in [1.29, 1.82) is 0 Å². The van der Waals surface area contributed by atoms with Crippen molar-refractivity contribution in [3.05, 3.63) is 53.2 Å². The molecular weight excluding hydrogens is 264 g/mol. The number of benzene rings is 1. The molecule has 0 aliphatic carbocycles. The van der Waals surface area contributed by atoms with Gasteiger partial charge < -0.3 is 10.7 Å². The molecule has 2 aromatic rings. The molecule has 1 heterocycles. The Labute approximate surface area is 124 Å². The number of hydrogen-bond donors (Lipinski definition) is 3. The topological polar surface area (TPSA) is 80.0 Å². The Kier molecular flexibility index (Phi) is 4.55. The number of hydrogen-bond acceptors (Lipinski definition) is 4. The van der Waals surface area contributed by atoms with Gasteiger partial charge in [-0.15, -0.1) is 0 Å². The summed E-state index contributed by atoms with van der Waals surface area (Å²) >= 11 is 0. The highest BCUT2D eigenvalue weighted by molar-refractivity contribution is 6.05. The van der Waals surface area contributed by atoms with Crippen molar-refractivity contribution in [3.8, 4) is 0 Å². The van der Waals surface area contributed by atoms with Crippen LogP contribution >= 0.6 is 0 Å². The molecule has 0 radical (unpaired) electrons. The summed E-state index contributed by atoms with van der Waals surface area (Å²) < 4.78 is 0. The molecule has 4 N–H and O–H groups in total. The predicted octanol–water partition coefficient (Wildman–Crippen LogP) is 3.05. The highest BCUT2D eigenvalue weighted by atomic mass is 16.1. The first-order chi connectivity index (χ1) is 10.0. The van der Waals surface area contributed by atoms with Crippen molar-refractivity contribution >= 4 is 17.4 Å². The van der Waals surface area contributed by atoms with Gasteiger partial charge in [0.2, 0.25) is 0 Å². The first-order valence-electron chi connectivity index (χ1n) is 6.86. The van der Waals surface area contributed by atoms with Crippen LogP contribution in [0.2, 0.25) is 0 Å². The maximum atomic E-state index is 12.3. The second-order valence-corrected chi connectivity index (χ2v) is 5.22. The second-order valence-electron chi connectivity index (χ2n) is 5.22. The van der Waals surface area contributed by atoms with Gasteiger partial charge in [-0.1, -0.05) is 32.0 Å². The zero-order valence-corrected chi connectivity index (χ0v) is 12.5. The van der Waals surface area contributed by atoms with Gasteiger partial charge in [0.25, 0.3) is 5.91 Å². The van der Waals surface area contributed by atoms with Crippen LogP contribution in [0.4, 0.5) is 11.5 Å². The van der Waals surface area contributed by atoms with Gasteiger partial charge in [-0.2, -0.15) is 0 Å². The van der Waals surface area contributed by atoms with Gasteiger partial charge in [0, 0.05) is 11.9 Å². The van der Waals surface area contributed by atoms with E-state index in [2.05, 4.69) is 29.6 Å². The molecule has 1 aromatic heterocycles. The average molecular weight is 284 g/mol. The Morgan fingerprint density at radius 3 is 2.57 bits per heavy atom. The largest absolute Gasteiger partial charge is 0.321 e. The van der Waals surface area contributed by atoms with Crippen LogP contribution < -0.4 is 16.6 Å². The molecule has 0 bridgehead atoms. The molecule has 0 unspecified atom stereocenters. The highest BCUT2D eigenvalue weighted by Crippen LogP contribution is 2.27. The molecule has 0 aliphatic heterocycles. The van der Waals surface area contributed by atoms with Crippen LogP contribution in [-0.4, -0.2) is 10.9 Å². The number of anilines is 2. The van der Waals surface area contributed by atoms with Crippen LogP contribution in [0.25, 0.3) is 0 Å².